The SMILES string of the molecule is CC(C)CCn1c(CNc2ccccc2[N+](=O)[O-])nc2ccccc21. The number of aryl methyl sites for hydroxylation is 1. The molecule has 6 heteroatoms. The highest BCUT2D eigenvalue weighted by Gasteiger charge is 2.15. The van der Waals surface area contributed by atoms with Gasteiger partial charge in [-0.2, -0.15) is 0 Å². The van der Waals surface area contributed by atoms with E-state index in [1.54, 1.807) is 18.2 Å². The maximum Gasteiger partial charge on any atom is 0.292 e. The molecule has 130 valence electrons. The summed E-state index contributed by atoms with van der Waals surface area (Å²) in [4.78, 5) is 15.5. The Hall–Kier alpha value is -2.89. The summed E-state index contributed by atoms with van der Waals surface area (Å²) in [7, 11) is 0. The summed E-state index contributed by atoms with van der Waals surface area (Å²) < 4.78 is 2.21. The molecular weight excluding hydrogens is 316 g/mol. The van der Waals surface area contributed by atoms with Crippen LogP contribution in [-0.2, 0) is 13.1 Å². The number of imidazole rings is 1. The van der Waals surface area contributed by atoms with Crippen LogP contribution in [0.2, 0.25) is 0 Å². The number of hydrogen-bond donors (Lipinski definition) is 1. The zero-order valence-electron chi connectivity index (χ0n) is 14.5. The number of anilines is 1. The van der Waals surface area contributed by atoms with E-state index in [0.29, 0.717) is 18.2 Å². The van der Waals surface area contributed by atoms with Crippen molar-refractivity contribution >= 4 is 22.4 Å². The van der Waals surface area contributed by atoms with Crippen molar-refractivity contribution < 1.29 is 4.92 Å². The number of nitro groups is 1. The average molecular weight is 338 g/mol. The molecule has 3 rings (SSSR count). The Balaban J connectivity index is 1.88. The molecule has 0 amide bonds. The molecule has 0 aliphatic rings. The Morgan fingerprint density at radius 1 is 1.16 bits per heavy atom. The fraction of sp³-hybridized carbons (Fsp3) is 0.316. The second-order valence-electron chi connectivity index (χ2n) is 6.48. The number of aromatic nitrogens is 2. The second kappa shape index (κ2) is 7.34. The fourth-order valence-electron chi connectivity index (χ4n) is 2.85. The number of rotatable bonds is 7. The molecule has 2 aromatic carbocycles. The predicted octanol–water partition coefficient (Wildman–Crippen LogP) is 4.60. The first-order valence-corrected chi connectivity index (χ1v) is 8.47. The van der Waals surface area contributed by atoms with Crippen LogP contribution in [0.3, 0.4) is 0 Å². The lowest BCUT2D eigenvalue weighted by Crippen LogP contribution is -2.11. The lowest BCUT2D eigenvalue weighted by atomic mass is 10.1. The van der Waals surface area contributed by atoms with Gasteiger partial charge in [-0.05, 0) is 30.5 Å². The zero-order chi connectivity index (χ0) is 17.8. The van der Waals surface area contributed by atoms with Gasteiger partial charge < -0.3 is 9.88 Å². The van der Waals surface area contributed by atoms with Gasteiger partial charge in [0.05, 0.1) is 22.5 Å². The summed E-state index contributed by atoms with van der Waals surface area (Å²) >= 11 is 0. The van der Waals surface area contributed by atoms with E-state index in [0.717, 1.165) is 29.8 Å². The summed E-state index contributed by atoms with van der Waals surface area (Å²) in [5.74, 6) is 1.48. The van der Waals surface area contributed by atoms with Gasteiger partial charge in [-0.1, -0.05) is 38.1 Å². The minimum absolute atomic E-state index is 0.0762. The van der Waals surface area contributed by atoms with Crippen molar-refractivity contribution in [3.05, 3.63) is 64.5 Å². The molecule has 0 atom stereocenters. The Labute approximate surface area is 146 Å². The van der Waals surface area contributed by atoms with Crippen molar-refractivity contribution in [1.82, 2.24) is 9.55 Å². The van der Waals surface area contributed by atoms with Gasteiger partial charge in [-0.25, -0.2) is 4.98 Å². The van der Waals surface area contributed by atoms with E-state index in [9.17, 15) is 10.1 Å². The number of nitrogens with zero attached hydrogens (tertiary/aromatic N) is 3. The normalized spacial score (nSPS) is 11.2. The monoisotopic (exact) mass is 338 g/mol. The fourth-order valence-corrected chi connectivity index (χ4v) is 2.85. The third-order valence-electron chi connectivity index (χ3n) is 4.20. The molecule has 0 spiro atoms. The highest BCUT2D eigenvalue weighted by Crippen LogP contribution is 2.24. The summed E-state index contributed by atoms with van der Waals surface area (Å²) in [5, 5.41) is 14.3. The number of fused-ring (bicyclic) bond motifs is 1. The van der Waals surface area contributed by atoms with E-state index in [1.165, 1.54) is 6.07 Å². The Morgan fingerprint density at radius 2 is 1.88 bits per heavy atom. The molecule has 0 aliphatic heterocycles. The number of hydrogen-bond acceptors (Lipinski definition) is 4. The van der Waals surface area contributed by atoms with Gasteiger partial charge in [-0.15, -0.1) is 0 Å². The van der Waals surface area contributed by atoms with Crippen molar-refractivity contribution in [2.24, 2.45) is 5.92 Å². The first-order chi connectivity index (χ1) is 12.1. The number of nitro benzene ring substituents is 1. The molecule has 1 N–H and O–H groups in total. The zero-order valence-corrected chi connectivity index (χ0v) is 14.5. The van der Waals surface area contributed by atoms with Crippen LogP contribution in [0.1, 0.15) is 26.1 Å². The summed E-state index contributed by atoms with van der Waals surface area (Å²) in [6.07, 6.45) is 1.05. The van der Waals surface area contributed by atoms with Gasteiger partial charge in [0, 0.05) is 12.6 Å². The quantitative estimate of drug-likeness (QED) is 0.504. The van der Waals surface area contributed by atoms with Gasteiger partial charge in [-0.3, -0.25) is 10.1 Å². The van der Waals surface area contributed by atoms with Crippen LogP contribution < -0.4 is 5.32 Å². The van der Waals surface area contributed by atoms with E-state index >= 15 is 0 Å². The van der Waals surface area contributed by atoms with Crippen molar-refractivity contribution in [3.63, 3.8) is 0 Å². The molecule has 3 aromatic rings. The summed E-state index contributed by atoms with van der Waals surface area (Å²) in [6.45, 7) is 5.72. The Kier molecular flexibility index (Phi) is 4.97. The van der Waals surface area contributed by atoms with Crippen molar-refractivity contribution in [3.8, 4) is 0 Å². The number of para-hydroxylation sites is 4. The highest BCUT2D eigenvalue weighted by atomic mass is 16.6. The van der Waals surface area contributed by atoms with Crippen molar-refractivity contribution in [2.75, 3.05) is 5.32 Å². The molecule has 25 heavy (non-hydrogen) atoms. The smallest absolute Gasteiger partial charge is 0.292 e. The molecule has 0 unspecified atom stereocenters. The van der Waals surface area contributed by atoms with Crippen LogP contribution in [0.25, 0.3) is 11.0 Å². The van der Waals surface area contributed by atoms with Gasteiger partial charge >= 0.3 is 0 Å². The van der Waals surface area contributed by atoms with E-state index in [2.05, 4.69) is 29.8 Å². The molecule has 0 radical (unpaired) electrons. The minimum atomic E-state index is -0.371. The van der Waals surface area contributed by atoms with Crippen LogP contribution in [-0.4, -0.2) is 14.5 Å². The second-order valence-corrected chi connectivity index (χ2v) is 6.48. The molecule has 0 saturated carbocycles. The first kappa shape index (κ1) is 17.0. The van der Waals surface area contributed by atoms with Gasteiger partial charge in [0.2, 0.25) is 0 Å². The van der Waals surface area contributed by atoms with Crippen molar-refractivity contribution in [1.29, 1.82) is 0 Å². The lowest BCUT2D eigenvalue weighted by Gasteiger charge is -2.12. The maximum atomic E-state index is 11.2. The third-order valence-corrected chi connectivity index (χ3v) is 4.20. The van der Waals surface area contributed by atoms with Gasteiger partial charge in [0.15, 0.2) is 0 Å². The van der Waals surface area contributed by atoms with E-state index in [-0.39, 0.29) is 10.6 Å². The minimum Gasteiger partial charge on any atom is -0.372 e. The average Bonchev–Trinajstić information content (AvgIpc) is 2.95. The van der Waals surface area contributed by atoms with E-state index in [1.807, 2.05) is 18.2 Å². The molecule has 6 nitrogen and oxygen atoms in total. The highest BCUT2D eigenvalue weighted by molar-refractivity contribution is 5.76. The standard InChI is InChI=1S/C19H22N4O2/c1-14(2)11-12-22-17-9-5-4-8-16(17)21-19(22)13-20-15-7-3-6-10-18(15)23(24)25/h3-10,14,20H,11-13H2,1-2H3. The molecule has 0 fully saturated rings. The maximum absolute atomic E-state index is 11.2. The van der Waals surface area contributed by atoms with Crippen molar-refractivity contribution in [2.45, 2.75) is 33.4 Å². The molecule has 1 heterocycles. The largest absolute Gasteiger partial charge is 0.372 e. The lowest BCUT2D eigenvalue weighted by molar-refractivity contribution is -0.384. The van der Waals surface area contributed by atoms with E-state index < -0.39 is 0 Å². The molecule has 1 aromatic heterocycles. The van der Waals surface area contributed by atoms with Crippen LogP contribution in [0, 0.1) is 16.0 Å². The predicted molar refractivity (Wildman–Crippen MR) is 99.6 cm³/mol. The van der Waals surface area contributed by atoms with Gasteiger partial charge in [0.25, 0.3) is 5.69 Å². The van der Waals surface area contributed by atoms with Crippen LogP contribution >= 0.6 is 0 Å². The Bertz CT molecular complexity index is 886. The van der Waals surface area contributed by atoms with Crippen LogP contribution in [0.4, 0.5) is 11.4 Å². The molecule has 0 aliphatic carbocycles. The summed E-state index contributed by atoms with van der Waals surface area (Å²) in [6, 6.07) is 14.7. The van der Waals surface area contributed by atoms with Crippen LogP contribution in [0.5, 0.6) is 0 Å². The molecule has 0 bridgehead atoms. The molecule has 0 saturated heterocycles. The number of nitrogens with one attached hydrogen (secondary N) is 1. The first-order valence-electron chi connectivity index (χ1n) is 8.47. The number of benzene rings is 2. The topological polar surface area (TPSA) is 73.0 Å². The van der Waals surface area contributed by atoms with Crippen LogP contribution in [0.15, 0.2) is 48.5 Å². The Morgan fingerprint density at radius 3 is 2.64 bits per heavy atom. The summed E-state index contributed by atoms with van der Waals surface area (Å²) in [5.41, 5.74) is 2.63. The van der Waals surface area contributed by atoms with Gasteiger partial charge in [0.1, 0.15) is 11.5 Å². The molecular formula is C19H22N4O2. The third kappa shape index (κ3) is 3.79. The van der Waals surface area contributed by atoms with E-state index in [4.69, 9.17) is 4.98 Å².